The number of hydrogen-bond acceptors (Lipinski definition) is 4. The van der Waals surface area contributed by atoms with E-state index in [1.165, 1.54) is 12.4 Å². The first-order valence-corrected chi connectivity index (χ1v) is 5.36. The lowest BCUT2D eigenvalue weighted by molar-refractivity contribution is 0.309. The molecule has 1 aromatic carbocycles. The van der Waals surface area contributed by atoms with Crippen molar-refractivity contribution in [2.75, 3.05) is 6.61 Å². The number of phenolic OH excluding ortho intramolecular Hbond substituents is 1. The predicted octanol–water partition coefficient (Wildman–Crippen LogP) is 3.20. The zero-order chi connectivity index (χ0) is 11.5. The summed E-state index contributed by atoms with van der Waals surface area (Å²) in [6.07, 6.45) is 2.23. The molecule has 0 aliphatic heterocycles. The number of benzene rings is 1. The third-order valence-corrected chi connectivity index (χ3v) is 2.44. The summed E-state index contributed by atoms with van der Waals surface area (Å²) in [5.41, 5.74) is 0.411. The quantitative estimate of drug-likeness (QED) is 0.934. The first-order valence-electron chi connectivity index (χ1n) is 4.99. The van der Waals surface area contributed by atoms with E-state index in [2.05, 4.69) is 9.97 Å². The van der Waals surface area contributed by atoms with Crippen LogP contribution < -0.4 is 4.74 Å². The van der Waals surface area contributed by atoms with Crippen LogP contribution in [0.15, 0.2) is 18.5 Å². The standard InChI is InChI=1S/C11H11ClN2O2.ClH/c1-2-5-16-11-9-7(12)3-4-8(15)10(9)13-6-14-11;/h3-4,6,15H,2,5H2,1H3;1H. The molecule has 4 nitrogen and oxygen atoms in total. The Balaban J connectivity index is 0.00000144. The fraction of sp³-hybridized carbons (Fsp3) is 0.273. The summed E-state index contributed by atoms with van der Waals surface area (Å²) in [7, 11) is 0. The van der Waals surface area contributed by atoms with Gasteiger partial charge in [0, 0.05) is 0 Å². The van der Waals surface area contributed by atoms with E-state index in [0.717, 1.165) is 6.42 Å². The molecule has 1 aromatic heterocycles. The molecular weight excluding hydrogens is 263 g/mol. The molecule has 1 N–H and O–H groups in total. The number of nitrogens with zero attached hydrogens (tertiary/aromatic N) is 2. The Kier molecular flexibility index (Phi) is 4.78. The summed E-state index contributed by atoms with van der Waals surface area (Å²) in [5.74, 6) is 0.482. The minimum Gasteiger partial charge on any atom is -0.506 e. The highest BCUT2D eigenvalue weighted by molar-refractivity contribution is 6.36. The molecule has 0 saturated heterocycles. The maximum absolute atomic E-state index is 9.64. The second-order valence-electron chi connectivity index (χ2n) is 3.32. The molecule has 0 saturated carbocycles. The highest BCUT2D eigenvalue weighted by atomic mass is 35.5. The Morgan fingerprint density at radius 2 is 2.12 bits per heavy atom. The Labute approximate surface area is 110 Å². The number of halogens is 2. The molecule has 0 amide bonds. The van der Waals surface area contributed by atoms with Crippen LogP contribution in [0.2, 0.25) is 5.02 Å². The van der Waals surface area contributed by atoms with E-state index in [-0.39, 0.29) is 18.2 Å². The first kappa shape index (κ1) is 13.8. The molecule has 17 heavy (non-hydrogen) atoms. The third kappa shape index (κ3) is 2.70. The Hall–Kier alpha value is -1.26. The fourth-order valence-corrected chi connectivity index (χ4v) is 1.63. The van der Waals surface area contributed by atoms with Crippen molar-refractivity contribution in [1.29, 1.82) is 0 Å². The molecule has 0 radical (unpaired) electrons. The summed E-state index contributed by atoms with van der Waals surface area (Å²) >= 11 is 6.04. The number of aromatic hydroxyl groups is 1. The number of phenols is 1. The predicted molar refractivity (Wildman–Crippen MR) is 69.2 cm³/mol. The van der Waals surface area contributed by atoms with Gasteiger partial charge in [-0.25, -0.2) is 9.97 Å². The van der Waals surface area contributed by atoms with Crippen LogP contribution in [-0.4, -0.2) is 21.7 Å². The summed E-state index contributed by atoms with van der Waals surface area (Å²) < 4.78 is 5.46. The first-order chi connectivity index (χ1) is 7.74. The van der Waals surface area contributed by atoms with Crippen LogP contribution in [0.4, 0.5) is 0 Å². The van der Waals surface area contributed by atoms with Crippen molar-refractivity contribution in [1.82, 2.24) is 9.97 Å². The van der Waals surface area contributed by atoms with Gasteiger partial charge in [0.1, 0.15) is 17.6 Å². The van der Waals surface area contributed by atoms with Crippen molar-refractivity contribution >= 4 is 34.9 Å². The van der Waals surface area contributed by atoms with Crippen LogP contribution >= 0.6 is 24.0 Å². The SMILES string of the molecule is CCCOc1ncnc2c(O)ccc(Cl)c12.Cl. The summed E-state index contributed by atoms with van der Waals surface area (Å²) in [6, 6.07) is 3.10. The second-order valence-corrected chi connectivity index (χ2v) is 3.72. The van der Waals surface area contributed by atoms with Crippen molar-refractivity contribution in [3.8, 4) is 11.6 Å². The average molecular weight is 275 g/mol. The molecule has 1 heterocycles. The molecular formula is C11H12Cl2N2O2. The lowest BCUT2D eigenvalue weighted by Crippen LogP contribution is -1.99. The maximum atomic E-state index is 9.64. The van der Waals surface area contributed by atoms with Crippen molar-refractivity contribution in [3.05, 3.63) is 23.5 Å². The second kappa shape index (κ2) is 5.89. The van der Waals surface area contributed by atoms with Crippen molar-refractivity contribution in [2.24, 2.45) is 0 Å². The van der Waals surface area contributed by atoms with Gasteiger partial charge in [0.15, 0.2) is 0 Å². The van der Waals surface area contributed by atoms with Gasteiger partial charge in [-0.1, -0.05) is 18.5 Å². The summed E-state index contributed by atoms with van der Waals surface area (Å²) in [6.45, 7) is 2.56. The Morgan fingerprint density at radius 3 is 2.82 bits per heavy atom. The van der Waals surface area contributed by atoms with Gasteiger partial charge in [-0.2, -0.15) is 0 Å². The molecule has 92 valence electrons. The molecule has 0 aliphatic carbocycles. The monoisotopic (exact) mass is 274 g/mol. The molecule has 0 atom stereocenters. The maximum Gasteiger partial charge on any atom is 0.226 e. The van der Waals surface area contributed by atoms with Gasteiger partial charge in [0.2, 0.25) is 5.88 Å². The van der Waals surface area contributed by atoms with Crippen LogP contribution in [-0.2, 0) is 0 Å². The molecule has 0 unspecified atom stereocenters. The van der Waals surface area contributed by atoms with E-state index >= 15 is 0 Å². The van der Waals surface area contributed by atoms with Crippen LogP contribution in [0.5, 0.6) is 11.6 Å². The molecule has 0 spiro atoms. The minimum atomic E-state index is 0. The van der Waals surface area contributed by atoms with Gasteiger partial charge in [-0.3, -0.25) is 0 Å². The van der Waals surface area contributed by atoms with Gasteiger partial charge in [0.25, 0.3) is 0 Å². The molecule has 6 heteroatoms. The van der Waals surface area contributed by atoms with Crippen LogP contribution in [0.25, 0.3) is 10.9 Å². The van der Waals surface area contributed by atoms with Crippen LogP contribution in [0.1, 0.15) is 13.3 Å². The van der Waals surface area contributed by atoms with Gasteiger partial charge < -0.3 is 9.84 Å². The largest absolute Gasteiger partial charge is 0.506 e. The minimum absolute atomic E-state index is 0. The summed E-state index contributed by atoms with van der Waals surface area (Å²) in [5, 5.41) is 10.7. The molecule has 0 aliphatic rings. The van der Waals surface area contributed by atoms with Gasteiger partial charge in [-0.15, -0.1) is 12.4 Å². The smallest absolute Gasteiger partial charge is 0.226 e. The lowest BCUT2D eigenvalue weighted by atomic mass is 10.2. The van der Waals surface area contributed by atoms with E-state index in [1.54, 1.807) is 6.07 Å². The van der Waals surface area contributed by atoms with Crippen molar-refractivity contribution in [3.63, 3.8) is 0 Å². The van der Waals surface area contributed by atoms with Crippen LogP contribution in [0.3, 0.4) is 0 Å². The van der Waals surface area contributed by atoms with Gasteiger partial charge >= 0.3 is 0 Å². The van der Waals surface area contributed by atoms with E-state index in [9.17, 15) is 5.11 Å². The Morgan fingerprint density at radius 1 is 1.35 bits per heavy atom. The zero-order valence-corrected chi connectivity index (χ0v) is 10.8. The lowest BCUT2D eigenvalue weighted by Gasteiger charge is -2.08. The van der Waals surface area contributed by atoms with E-state index in [1.807, 2.05) is 6.92 Å². The van der Waals surface area contributed by atoms with E-state index < -0.39 is 0 Å². The molecule has 2 aromatic rings. The number of aromatic nitrogens is 2. The van der Waals surface area contributed by atoms with Gasteiger partial charge in [-0.05, 0) is 18.6 Å². The highest BCUT2D eigenvalue weighted by Gasteiger charge is 2.11. The highest BCUT2D eigenvalue weighted by Crippen LogP contribution is 2.34. The number of fused-ring (bicyclic) bond motifs is 1. The number of rotatable bonds is 3. The van der Waals surface area contributed by atoms with Crippen molar-refractivity contribution < 1.29 is 9.84 Å². The topological polar surface area (TPSA) is 55.2 Å². The Bertz CT molecular complexity index is 520. The fourth-order valence-electron chi connectivity index (χ4n) is 1.40. The third-order valence-electron chi connectivity index (χ3n) is 2.12. The van der Waals surface area contributed by atoms with Gasteiger partial charge in [0.05, 0.1) is 17.0 Å². The van der Waals surface area contributed by atoms with E-state index in [0.29, 0.717) is 28.4 Å². The number of ether oxygens (including phenoxy) is 1. The average Bonchev–Trinajstić information content (AvgIpc) is 2.31. The van der Waals surface area contributed by atoms with E-state index in [4.69, 9.17) is 16.3 Å². The molecule has 0 fully saturated rings. The molecule has 2 rings (SSSR count). The summed E-state index contributed by atoms with van der Waals surface area (Å²) in [4.78, 5) is 8.00. The number of hydrogen-bond donors (Lipinski definition) is 1. The van der Waals surface area contributed by atoms with Crippen molar-refractivity contribution in [2.45, 2.75) is 13.3 Å². The zero-order valence-electron chi connectivity index (χ0n) is 9.18. The normalized spacial score (nSPS) is 10.0. The van der Waals surface area contributed by atoms with Crippen LogP contribution in [0, 0.1) is 0 Å². The molecule has 0 bridgehead atoms.